The molecule has 1 aromatic heterocycles. The number of aryl methyl sites for hydroxylation is 2. The van der Waals surface area contributed by atoms with Gasteiger partial charge in [0.05, 0.1) is 0 Å². The van der Waals surface area contributed by atoms with Crippen LogP contribution in [-0.4, -0.2) is 4.98 Å². The van der Waals surface area contributed by atoms with Gasteiger partial charge < -0.3 is 10.7 Å². The van der Waals surface area contributed by atoms with Gasteiger partial charge in [-0.2, -0.15) is 0 Å². The molecule has 1 aliphatic carbocycles. The van der Waals surface area contributed by atoms with E-state index < -0.39 is 0 Å². The van der Waals surface area contributed by atoms with Gasteiger partial charge in [0, 0.05) is 17.4 Å². The van der Waals surface area contributed by atoms with Crippen LogP contribution in [0.25, 0.3) is 0 Å². The first kappa shape index (κ1) is 7.87. The summed E-state index contributed by atoms with van der Waals surface area (Å²) in [6.07, 6.45) is 5.11. The van der Waals surface area contributed by atoms with Crippen LogP contribution in [0.5, 0.6) is 0 Å². The van der Waals surface area contributed by atoms with Crippen molar-refractivity contribution in [2.75, 3.05) is 0 Å². The van der Waals surface area contributed by atoms with Gasteiger partial charge in [-0.05, 0) is 44.2 Å². The largest absolute Gasteiger partial charge is 0.361 e. The molecule has 0 fully saturated rings. The zero-order valence-corrected chi connectivity index (χ0v) is 7.56. The molecule has 0 amide bonds. The predicted octanol–water partition coefficient (Wildman–Crippen LogP) is 1.91. The number of rotatable bonds is 1. The second kappa shape index (κ2) is 2.94. The second-order valence-electron chi connectivity index (χ2n) is 3.72. The van der Waals surface area contributed by atoms with Crippen molar-refractivity contribution in [1.82, 2.24) is 4.98 Å². The van der Waals surface area contributed by atoms with Gasteiger partial charge >= 0.3 is 0 Å². The molecule has 0 spiro atoms. The van der Waals surface area contributed by atoms with Crippen molar-refractivity contribution in [1.29, 1.82) is 0 Å². The topological polar surface area (TPSA) is 41.8 Å². The molecular weight excluding hydrogens is 148 g/mol. The third-order valence-corrected chi connectivity index (χ3v) is 2.63. The molecule has 2 rings (SSSR count). The Bertz CT molecular complexity index is 250. The average molecular weight is 164 g/mol. The van der Waals surface area contributed by atoms with Crippen LogP contribution in [-0.2, 0) is 12.8 Å². The first-order valence-electron chi connectivity index (χ1n) is 4.73. The summed E-state index contributed by atoms with van der Waals surface area (Å²) >= 11 is 0. The van der Waals surface area contributed by atoms with Crippen molar-refractivity contribution in [3.05, 3.63) is 23.0 Å². The molecular formula is C10H16N2. The number of hydrogen-bond acceptors (Lipinski definition) is 1. The zero-order chi connectivity index (χ0) is 8.55. The van der Waals surface area contributed by atoms with Crippen molar-refractivity contribution in [2.45, 2.75) is 38.6 Å². The van der Waals surface area contributed by atoms with E-state index in [2.05, 4.69) is 11.1 Å². The minimum absolute atomic E-state index is 0.149. The van der Waals surface area contributed by atoms with Crippen LogP contribution in [0.4, 0.5) is 0 Å². The van der Waals surface area contributed by atoms with Crippen molar-refractivity contribution in [3.63, 3.8) is 0 Å². The van der Waals surface area contributed by atoms with Crippen LogP contribution >= 0.6 is 0 Å². The minimum Gasteiger partial charge on any atom is -0.361 e. The lowest BCUT2D eigenvalue weighted by Gasteiger charge is -2.09. The smallest absolute Gasteiger partial charge is 0.0419 e. The summed E-state index contributed by atoms with van der Waals surface area (Å²) in [5.41, 5.74) is 9.91. The second-order valence-corrected chi connectivity index (χ2v) is 3.72. The van der Waals surface area contributed by atoms with Crippen molar-refractivity contribution >= 4 is 0 Å². The van der Waals surface area contributed by atoms with Crippen LogP contribution in [0.15, 0.2) is 6.07 Å². The predicted molar refractivity (Wildman–Crippen MR) is 50.0 cm³/mol. The van der Waals surface area contributed by atoms with Crippen molar-refractivity contribution in [2.24, 2.45) is 5.73 Å². The van der Waals surface area contributed by atoms with E-state index in [1.165, 1.54) is 42.6 Å². The maximum Gasteiger partial charge on any atom is 0.0419 e. The number of aromatic amines is 1. The Labute approximate surface area is 73.2 Å². The zero-order valence-electron chi connectivity index (χ0n) is 7.56. The molecule has 2 nitrogen and oxygen atoms in total. The third-order valence-electron chi connectivity index (χ3n) is 2.63. The van der Waals surface area contributed by atoms with Gasteiger partial charge in [0.25, 0.3) is 0 Å². The van der Waals surface area contributed by atoms with Gasteiger partial charge in [-0.1, -0.05) is 0 Å². The number of aromatic nitrogens is 1. The van der Waals surface area contributed by atoms with Gasteiger partial charge in [0.15, 0.2) is 0 Å². The molecule has 12 heavy (non-hydrogen) atoms. The Balaban J connectivity index is 2.32. The Morgan fingerprint density at radius 3 is 2.83 bits per heavy atom. The molecule has 0 aromatic carbocycles. The standard InChI is InChI=1S/C10H16N2/c1-7(11)10-6-8-4-2-3-5-9(8)12-10/h6-7,12H,2-5,11H2,1H3/t7-/m0/s1. The molecule has 2 heteroatoms. The fourth-order valence-electron chi connectivity index (χ4n) is 1.87. The molecule has 0 aliphatic heterocycles. The number of H-pyrrole nitrogens is 1. The lowest BCUT2D eigenvalue weighted by atomic mass is 9.98. The van der Waals surface area contributed by atoms with E-state index in [4.69, 9.17) is 5.73 Å². The highest BCUT2D eigenvalue weighted by molar-refractivity contribution is 5.29. The van der Waals surface area contributed by atoms with E-state index >= 15 is 0 Å². The summed E-state index contributed by atoms with van der Waals surface area (Å²) in [6, 6.07) is 2.38. The molecule has 1 heterocycles. The Morgan fingerprint density at radius 1 is 1.42 bits per heavy atom. The van der Waals surface area contributed by atoms with E-state index in [9.17, 15) is 0 Å². The lowest BCUT2D eigenvalue weighted by molar-refractivity contribution is 0.674. The maximum atomic E-state index is 5.79. The molecule has 1 aliphatic rings. The molecule has 0 saturated heterocycles. The molecule has 1 aromatic rings. The summed E-state index contributed by atoms with van der Waals surface area (Å²) in [4.78, 5) is 3.41. The van der Waals surface area contributed by atoms with Crippen molar-refractivity contribution < 1.29 is 0 Å². The van der Waals surface area contributed by atoms with Crippen LogP contribution in [0.3, 0.4) is 0 Å². The fraction of sp³-hybridized carbons (Fsp3) is 0.600. The lowest BCUT2D eigenvalue weighted by Crippen LogP contribution is -2.05. The quantitative estimate of drug-likeness (QED) is 0.654. The number of hydrogen-bond donors (Lipinski definition) is 2. The van der Waals surface area contributed by atoms with E-state index in [0.29, 0.717) is 0 Å². The highest BCUT2D eigenvalue weighted by atomic mass is 14.8. The van der Waals surface area contributed by atoms with Gasteiger partial charge in [-0.15, -0.1) is 0 Å². The van der Waals surface area contributed by atoms with Gasteiger partial charge in [-0.25, -0.2) is 0 Å². The Morgan fingerprint density at radius 2 is 2.17 bits per heavy atom. The maximum absolute atomic E-state index is 5.79. The summed E-state index contributed by atoms with van der Waals surface area (Å²) in [6.45, 7) is 2.03. The molecule has 0 saturated carbocycles. The SMILES string of the molecule is C[C@H](N)c1cc2c([nH]1)CCCC2. The summed E-state index contributed by atoms with van der Waals surface area (Å²) in [5.74, 6) is 0. The minimum atomic E-state index is 0.149. The molecule has 66 valence electrons. The molecule has 3 N–H and O–H groups in total. The molecule has 0 bridgehead atoms. The van der Waals surface area contributed by atoms with E-state index in [1.807, 2.05) is 6.92 Å². The van der Waals surface area contributed by atoms with Gasteiger partial charge in [-0.3, -0.25) is 0 Å². The average Bonchev–Trinajstić information content (AvgIpc) is 2.46. The van der Waals surface area contributed by atoms with Crippen LogP contribution in [0, 0.1) is 0 Å². The Kier molecular flexibility index (Phi) is 1.93. The summed E-state index contributed by atoms with van der Waals surface area (Å²) in [5, 5.41) is 0. The highest BCUT2D eigenvalue weighted by Crippen LogP contribution is 2.23. The number of fused-ring (bicyclic) bond motifs is 1. The molecule has 1 atom stereocenters. The first-order valence-corrected chi connectivity index (χ1v) is 4.73. The normalized spacial score (nSPS) is 18.8. The summed E-state index contributed by atoms with van der Waals surface area (Å²) in [7, 11) is 0. The monoisotopic (exact) mass is 164 g/mol. The van der Waals surface area contributed by atoms with E-state index in [-0.39, 0.29) is 6.04 Å². The van der Waals surface area contributed by atoms with Crippen molar-refractivity contribution in [3.8, 4) is 0 Å². The van der Waals surface area contributed by atoms with Crippen LogP contribution in [0.2, 0.25) is 0 Å². The third kappa shape index (κ3) is 1.27. The molecule has 0 radical (unpaired) electrons. The van der Waals surface area contributed by atoms with Crippen LogP contribution in [0.1, 0.15) is 42.8 Å². The highest BCUT2D eigenvalue weighted by Gasteiger charge is 2.13. The fourth-order valence-corrected chi connectivity index (χ4v) is 1.87. The van der Waals surface area contributed by atoms with E-state index in [1.54, 1.807) is 0 Å². The molecule has 0 unspecified atom stereocenters. The summed E-state index contributed by atoms with van der Waals surface area (Å²) < 4.78 is 0. The number of nitrogens with two attached hydrogens (primary N) is 1. The van der Waals surface area contributed by atoms with Crippen LogP contribution < -0.4 is 5.73 Å². The number of nitrogens with one attached hydrogen (secondary N) is 1. The Hall–Kier alpha value is -0.760. The van der Waals surface area contributed by atoms with Gasteiger partial charge in [0.2, 0.25) is 0 Å². The van der Waals surface area contributed by atoms with Gasteiger partial charge in [0.1, 0.15) is 0 Å². The first-order chi connectivity index (χ1) is 5.77. The van der Waals surface area contributed by atoms with E-state index in [0.717, 1.165) is 0 Å².